The minimum absolute atomic E-state index is 0.230. The van der Waals surface area contributed by atoms with Crippen LogP contribution < -0.4 is 10.1 Å². The predicted octanol–water partition coefficient (Wildman–Crippen LogP) is 4.91. The monoisotopic (exact) mass is 459 g/mol. The normalized spacial score (nSPS) is 11.0. The third-order valence-corrected chi connectivity index (χ3v) is 4.69. The van der Waals surface area contributed by atoms with Crippen LogP contribution in [-0.2, 0) is 11.3 Å². The fourth-order valence-electron chi connectivity index (χ4n) is 2.83. The third kappa shape index (κ3) is 4.63. The van der Waals surface area contributed by atoms with Gasteiger partial charge in [-0.1, -0.05) is 11.6 Å². The van der Waals surface area contributed by atoms with Crippen LogP contribution in [0.1, 0.15) is 17.0 Å². The number of hydrogen-bond donors (Lipinski definition) is 1. The number of nitrogens with one attached hydrogen (secondary N) is 1. The van der Waals surface area contributed by atoms with Gasteiger partial charge in [0, 0.05) is 5.02 Å². The van der Waals surface area contributed by atoms with E-state index in [9.17, 15) is 26.7 Å². The maximum absolute atomic E-state index is 14.0. The second kappa shape index (κ2) is 8.93. The lowest BCUT2D eigenvalue weighted by molar-refractivity contribution is -0.118. The summed E-state index contributed by atoms with van der Waals surface area (Å²) in [6.07, 6.45) is 0. The van der Waals surface area contributed by atoms with Gasteiger partial charge in [-0.15, -0.1) is 0 Å². The molecule has 1 amide bonds. The highest BCUT2D eigenvalue weighted by molar-refractivity contribution is 6.30. The van der Waals surface area contributed by atoms with Gasteiger partial charge < -0.3 is 10.1 Å². The molecule has 3 rings (SSSR count). The second-order valence-corrected chi connectivity index (χ2v) is 6.98. The molecular weight excluding hydrogens is 445 g/mol. The minimum Gasteiger partial charge on any atom is -0.484 e. The molecule has 0 spiro atoms. The Balaban J connectivity index is 1.77. The first-order valence-corrected chi connectivity index (χ1v) is 9.20. The topological polar surface area (TPSA) is 56.2 Å². The van der Waals surface area contributed by atoms with Crippen molar-refractivity contribution >= 4 is 23.2 Å². The van der Waals surface area contributed by atoms with Crippen molar-refractivity contribution in [3.63, 3.8) is 0 Å². The van der Waals surface area contributed by atoms with E-state index in [1.165, 1.54) is 13.8 Å². The number of amides is 1. The van der Waals surface area contributed by atoms with Crippen molar-refractivity contribution in [2.24, 2.45) is 0 Å². The number of halogens is 6. The lowest BCUT2D eigenvalue weighted by Crippen LogP contribution is -2.21. The number of nitrogens with zero attached hydrogens (tertiary/aromatic N) is 2. The minimum atomic E-state index is -2.24. The maximum atomic E-state index is 14.0. The van der Waals surface area contributed by atoms with Gasteiger partial charge in [-0.2, -0.15) is 5.10 Å². The SMILES string of the molecule is Cc1nn(Cc2c(F)c(F)c(F)c(F)c2F)c(C)c1NC(=O)COc1ccc(Cl)cc1. The standard InChI is InChI=1S/C20H15ClF5N3O2/c1-9-20(27-14(30)8-31-12-5-3-11(21)4-6-12)10(2)29(28-9)7-13-15(22)17(24)19(26)18(25)16(13)23/h3-6H,7-8H2,1-2H3,(H,27,30). The lowest BCUT2D eigenvalue weighted by Gasteiger charge is -2.11. The molecule has 0 radical (unpaired) electrons. The van der Waals surface area contributed by atoms with E-state index in [0.29, 0.717) is 10.8 Å². The van der Waals surface area contributed by atoms with E-state index in [1.54, 1.807) is 24.3 Å². The lowest BCUT2D eigenvalue weighted by atomic mass is 10.1. The molecule has 3 aromatic rings. The van der Waals surface area contributed by atoms with Crippen LogP contribution >= 0.6 is 11.6 Å². The number of hydrogen-bond acceptors (Lipinski definition) is 3. The smallest absolute Gasteiger partial charge is 0.262 e. The first-order chi connectivity index (χ1) is 14.6. The van der Waals surface area contributed by atoms with Gasteiger partial charge in [0.15, 0.2) is 29.9 Å². The Morgan fingerprint density at radius 2 is 1.55 bits per heavy atom. The number of carbonyl (C=O) groups is 1. The van der Waals surface area contributed by atoms with Crippen molar-refractivity contribution in [3.05, 3.63) is 75.3 Å². The van der Waals surface area contributed by atoms with Gasteiger partial charge in [0.2, 0.25) is 5.82 Å². The summed E-state index contributed by atoms with van der Waals surface area (Å²) < 4.78 is 74.4. The molecule has 31 heavy (non-hydrogen) atoms. The maximum Gasteiger partial charge on any atom is 0.262 e. The molecule has 1 heterocycles. The number of anilines is 1. The molecular formula is C20H15ClF5N3O2. The summed E-state index contributed by atoms with van der Waals surface area (Å²) in [5.41, 5.74) is -0.276. The van der Waals surface area contributed by atoms with Gasteiger partial charge in [-0.3, -0.25) is 9.48 Å². The van der Waals surface area contributed by atoms with Crippen LogP contribution in [0, 0.1) is 42.9 Å². The fraction of sp³-hybridized carbons (Fsp3) is 0.200. The zero-order valence-corrected chi connectivity index (χ0v) is 17.0. The van der Waals surface area contributed by atoms with E-state index >= 15 is 0 Å². The number of rotatable bonds is 6. The molecule has 0 aliphatic heterocycles. The Morgan fingerprint density at radius 3 is 2.13 bits per heavy atom. The van der Waals surface area contributed by atoms with Gasteiger partial charge in [-0.25, -0.2) is 22.0 Å². The first-order valence-electron chi connectivity index (χ1n) is 8.82. The molecule has 1 aromatic heterocycles. The Hall–Kier alpha value is -3.14. The van der Waals surface area contributed by atoms with Gasteiger partial charge in [-0.05, 0) is 38.1 Å². The summed E-state index contributed by atoms with van der Waals surface area (Å²) in [6, 6.07) is 6.33. The summed E-state index contributed by atoms with van der Waals surface area (Å²) in [5.74, 6) is -10.3. The Kier molecular flexibility index (Phi) is 6.49. The zero-order chi connectivity index (χ0) is 22.9. The molecule has 0 aliphatic rings. The van der Waals surface area contributed by atoms with Crippen molar-refractivity contribution < 1.29 is 31.5 Å². The van der Waals surface area contributed by atoms with Crippen LogP contribution in [0.5, 0.6) is 5.75 Å². The number of ether oxygens (including phenoxy) is 1. The highest BCUT2D eigenvalue weighted by Crippen LogP contribution is 2.26. The largest absolute Gasteiger partial charge is 0.484 e. The Morgan fingerprint density at radius 1 is 1.00 bits per heavy atom. The van der Waals surface area contributed by atoms with Crippen molar-refractivity contribution in [2.75, 3.05) is 11.9 Å². The molecule has 0 bridgehead atoms. The quantitative estimate of drug-likeness (QED) is 0.323. The van der Waals surface area contributed by atoms with E-state index in [1.807, 2.05) is 0 Å². The zero-order valence-electron chi connectivity index (χ0n) is 16.2. The molecule has 0 aliphatic carbocycles. The van der Waals surface area contributed by atoms with E-state index in [4.69, 9.17) is 16.3 Å². The van der Waals surface area contributed by atoms with Gasteiger partial charge in [0.25, 0.3) is 5.91 Å². The van der Waals surface area contributed by atoms with Crippen LogP contribution in [0.25, 0.3) is 0 Å². The van der Waals surface area contributed by atoms with E-state index in [0.717, 1.165) is 4.68 Å². The van der Waals surface area contributed by atoms with Crippen molar-refractivity contribution in [3.8, 4) is 5.75 Å². The highest BCUT2D eigenvalue weighted by atomic mass is 35.5. The summed E-state index contributed by atoms with van der Waals surface area (Å²) in [4.78, 5) is 12.2. The third-order valence-electron chi connectivity index (χ3n) is 4.44. The van der Waals surface area contributed by atoms with Crippen molar-refractivity contribution in [1.82, 2.24) is 9.78 Å². The van der Waals surface area contributed by atoms with Crippen molar-refractivity contribution in [1.29, 1.82) is 0 Å². The Bertz CT molecular complexity index is 1120. The van der Waals surface area contributed by atoms with Crippen LogP contribution in [0.3, 0.4) is 0 Å². The average Bonchev–Trinajstić information content (AvgIpc) is 3.01. The molecule has 0 fully saturated rings. The average molecular weight is 460 g/mol. The van der Waals surface area contributed by atoms with Crippen molar-refractivity contribution in [2.45, 2.75) is 20.4 Å². The molecule has 0 atom stereocenters. The van der Waals surface area contributed by atoms with E-state index in [2.05, 4.69) is 10.4 Å². The van der Waals surface area contributed by atoms with Gasteiger partial charge in [0.1, 0.15) is 5.75 Å². The molecule has 11 heteroatoms. The van der Waals surface area contributed by atoms with Gasteiger partial charge in [0.05, 0.1) is 29.2 Å². The summed E-state index contributed by atoms with van der Waals surface area (Å²) in [5, 5.41) is 7.09. The number of aryl methyl sites for hydroxylation is 1. The second-order valence-electron chi connectivity index (χ2n) is 6.54. The predicted molar refractivity (Wildman–Crippen MR) is 103 cm³/mol. The van der Waals surface area contributed by atoms with Crippen LogP contribution in [-0.4, -0.2) is 22.3 Å². The Labute approximate surface area is 178 Å². The number of carbonyl (C=O) groups excluding carboxylic acids is 1. The number of benzene rings is 2. The van der Waals surface area contributed by atoms with Crippen LogP contribution in [0.15, 0.2) is 24.3 Å². The summed E-state index contributed by atoms with van der Waals surface area (Å²) in [6.45, 7) is 1.92. The summed E-state index contributed by atoms with van der Waals surface area (Å²) >= 11 is 5.77. The van der Waals surface area contributed by atoms with E-state index < -0.39 is 47.1 Å². The van der Waals surface area contributed by atoms with E-state index in [-0.39, 0.29) is 23.7 Å². The molecule has 0 unspecified atom stereocenters. The highest BCUT2D eigenvalue weighted by Gasteiger charge is 2.27. The molecule has 0 saturated carbocycles. The fourth-order valence-corrected chi connectivity index (χ4v) is 2.95. The molecule has 0 saturated heterocycles. The number of aromatic nitrogens is 2. The summed E-state index contributed by atoms with van der Waals surface area (Å²) in [7, 11) is 0. The molecule has 5 nitrogen and oxygen atoms in total. The van der Waals surface area contributed by atoms with Crippen LogP contribution in [0.4, 0.5) is 27.6 Å². The molecule has 164 valence electrons. The molecule has 1 N–H and O–H groups in total. The van der Waals surface area contributed by atoms with Gasteiger partial charge >= 0.3 is 0 Å². The van der Waals surface area contributed by atoms with Crippen LogP contribution in [0.2, 0.25) is 5.02 Å². The first kappa shape index (κ1) is 22.5. The molecule has 2 aromatic carbocycles.